The molecule has 2 aliphatic rings. The van der Waals surface area contributed by atoms with Crippen LogP contribution < -0.4 is 0 Å². The Morgan fingerprint density at radius 2 is 1.76 bits per heavy atom. The van der Waals surface area contributed by atoms with Gasteiger partial charge in [-0.2, -0.15) is 5.10 Å². The number of aromatic nitrogens is 3. The smallest absolute Gasteiger partial charge is 0.274 e. The lowest BCUT2D eigenvalue weighted by Crippen LogP contribution is -2.32. The molecule has 29 heavy (non-hydrogen) atoms. The van der Waals surface area contributed by atoms with Crippen LogP contribution in [0.25, 0.3) is 5.65 Å². The zero-order valence-corrected chi connectivity index (χ0v) is 18.0. The standard InChI is InChI=1S/C24H36N4O/c1-2-3-13-21-17-20(16-19-11-7-6-8-12-19)25-23-18-22(26-28(21)23)24(29)27-14-9-4-5-10-15-27/h17-19H,2-16H2,1H3. The van der Waals surface area contributed by atoms with Crippen molar-refractivity contribution in [3.63, 3.8) is 0 Å². The van der Waals surface area contributed by atoms with E-state index in [1.54, 1.807) is 0 Å². The fraction of sp³-hybridized carbons (Fsp3) is 0.708. The number of likely N-dealkylation sites (tertiary alicyclic amines) is 1. The van der Waals surface area contributed by atoms with Crippen molar-refractivity contribution in [2.45, 2.75) is 90.4 Å². The number of amides is 1. The van der Waals surface area contributed by atoms with E-state index in [9.17, 15) is 4.79 Å². The van der Waals surface area contributed by atoms with Crippen LogP contribution in [0.3, 0.4) is 0 Å². The third-order valence-corrected chi connectivity index (χ3v) is 6.68. The van der Waals surface area contributed by atoms with Gasteiger partial charge in [0.15, 0.2) is 11.3 Å². The molecule has 1 saturated heterocycles. The second kappa shape index (κ2) is 9.73. The quantitative estimate of drug-likeness (QED) is 0.673. The minimum atomic E-state index is 0.0765. The topological polar surface area (TPSA) is 50.5 Å². The van der Waals surface area contributed by atoms with Crippen molar-refractivity contribution in [1.29, 1.82) is 0 Å². The predicted octanol–water partition coefficient (Wildman–Crippen LogP) is 5.21. The van der Waals surface area contributed by atoms with Gasteiger partial charge < -0.3 is 4.90 Å². The summed E-state index contributed by atoms with van der Waals surface area (Å²) in [5, 5.41) is 4.72. The molecule has 0 bridgehead atoms. The number of aryl methyl sites for hydroxylation is 1. The number of hydrogen-bond donors (Lipinski definition) is 0. The Labute approximate surface area is 174 Å². The number of fused-ring (bicyclic) bond motifs is 1. The normalized spacial score (nSPS) is 18.9. The van der Waals surface area contributed by atoms with E-state index < -0.39 is 0 Å². The van der Waals surface area contributed by atoms with Crippen LogP contribution in [0.15, 0.2) is 12.1 Å². The first-order valence-electron chi connectivity index (χ1n) is 11.9. The molecule has 2 aromatic rings. The van der Waals surface area contributed by atoms with Crippen molar-refractivity contribution in [2.75, 3.05) is 13.1 Å². The number of hydrogen-bond acceptors (Lipinski definition) is 3. The summed E-state index contributed by atoms with van der Waals surface area (Å²) in [5.41, 5.74) is 3.80. The van der Waals surface area contributed by atoms with Gasteiger partial charge in [-0.3, -0.25) is 4.79 Å². The maximum absolute atomic E-state index is 13.1. The predicted molar refractivity (Wildman–Crippen MR) is 116 cm³/mol. The lowest BCUT2D eigenvalue weighted by Gasteiger charge is -2.21. The molecule has 0 radical (unpaired) electrons. The SMILES string of the molecule is CCCCc1cc(CC2CCCCC2)nc2cc(C(=O)N3CCCCCC3)nn12. The van der Waals surface area contributed by atoms with E-state index in [-0.39, 0.29) is 5.91 Å². The molecule has 0 unspecified atom stereocenters. The Kier molecular flexibility index (Phi) is 6.83. The van der Waals surface area contributed by atoms with Crippen LogP contribution in [-0.4, -0.2) is 38.5 Å². The van der Waals surface area contributed by atoms with Crippen LogP contribution in [0.1, 0.15) is 99.4 Å². The summed E-state index contributed by atoms with van der Waals surface area (Å²) in [6, 6.07) is 4.18. The minimum Gasteiger partial charge on any atom is -0.337 e. The van der Waals surface area contributed by atoms with Crippen LogP contribution in [0.4, 0.5) is 0 Å². The molecule has 2 aromatic heterocycles. The monoisotopic (exact) mass is 396 g/mol. The first-order valence-corrected chi connectivity index (χ1v) is 11.9. The number of rotatable bonds is 6. The summed E-state index contributed by atoms with van der Waals surface area (Å²) in [6.45, 7) is 3.93. The molecule has 0 N–H and O–H groups in total. The molecule has 0 spiro atoms. The van der Waals surface area contributed by atoms with E-state index in [0.717, 1.165) is 63.2 Å². The summed E-state index contributed by atoms with van der Waals surface area (Å²) in [5.74, 6) is 0.839. The molecule has 4 rings (SSSR count). The van der Waals surface area contributed by atoms with Crippen LogP contribution in [0, 0.1) is 5.92 Å². The summed E-state index contributed by atoms with van der Waals surface area (Å²) >= 11 is 0. The maximum Gasteiger partial charge on any atom is 0.274 e. The van der Waals surface area contributed by atoms with Gasteiger partial charge in [-0.15, -0.1) is 0 Å². The van der Waals surface area contributed by atoms with Gasteiger partial charge in [0, 0.05) is 30.5 Å². The molecule has 1 saturated carbocycles. The molecule has 0 atom stereocenters. The molecule has 1 aliphatic carbocycles. The highest BCUT2D eigenvalue weighted by molar-refractivity contribution is 5.93. The van der Waals surface area contributed by atoms with Crippen LogP contribution >= 0.6 is 0 Å². The maximum atomic E-state index is 13.1. The van der Waals surface area contributed by atoms with Crippen molar-refractivity contribution in [3.05, 3.63) is 29.2 Å². The molecule has 0 aromatic carbocycles. The fourth-order valence-corrected chi connectivity index (χ4v) is 4.96. The molecular formula is C24H36N4O. The average molecular weight is 397 g/mol. The Balaban J connectivity index is 1.61. The zero-order valence-electron chi connectivity index (χ0n) is 18.0. The van der Waals surface area contributed by atoms with Crippen LogP contribution in [-0.2, 0) is 12.8 Å². The fourth-order valence-electron chi connectivity index (χ4n) is 4.96. The Morgan fingerprint density at radius 3 is 2.48 bits per heavy atom. The van der Waals surface area contributed by atoms with Crippen molar-refractivity contribution in [2.24, 2.45) is 5.92 Å². The van der Waals surface area contributed by atoms with Gasteiger partial charge in [0.1, 0.15) is 0 Å². The molecule has 1 aliphatic heterocycles. The minimum absolute atomic E-state index is 0.0765. The molecule has 1 amide bonds. The van der Waals surface area contributed by atoms with E-state index >= 15 is 0 Å². The van der Waals surface area contributed by atoms with Gasteiger partial charge >= 0.3 is 0 Å². The first kappa shape index (κ1) is 20.4. The summed E-state index contributed by atoms with van der Waals surface area (Å²) < 4.78 is 1.94. The van der Waals surface area contributed by atoms with Gasteiger partial charge in [0.2, 0.25) is 0 Å². The van der Waals surface area contributed by atoms with E-state index in [4.69, 9.17) is 10.1 Å². The summed E-state index contributed by atoms with van der Waals surface area (Å²) in [4.78, 5) is 20.0. The second-order valence-electron chi connectivity index (χ2n) is 9.06. The van der Waals surface area contributed by atoms with E-state index in [0.29, 0.717) is 5.69 Å². The number of nitrogens with zero attached hydrogens (tertiary/aromatic N) is 4. The van der Waals surface area contributed by atoms with Gasteiger partial charge in [-0.05, 0) is 44.1 Å². The van der Waals surface area contributed by atoms with Crippen molar-refractivity contribution >= 4 is 11.6 Å². The average Bonchev–Trinajstić information content (AvgIpc) is 2.98. The summed E-state index contributed by atoms with van der Waals surface area (Å²) in [6.07, 6.45) is 15.8. The Morgan fingerprint density at radius 1 is 1.03 bits per heavy atom. The molecule has 3 heterocycles. The van der Waals surface area contributed by atoms with E-state index in [2.05, 4.69) is 13.0 Å². The van der Waals surface area contributed by atoms with Gasteiger partial charge in [-0.1, -0.05) is 58.3 Å². The Hall–Kier alpha value is -1.91. The van der Waals surface area contributed by atoms with E-state index in [1.165, 1.54) is 56.3 Å². The molecule has 5 heteroatoms. The van der Waals surface area contributed by atoms with Gasteiger partial charge in [0.25, 0.3) is 5.91 Å². The zero-order chi connectivity index (χ0) is 20.1. The first-order chi connectivity index (χ1) is 14.2. The number of carbonyl (C=O) groups excluding carboxylic acids is 1. The lowest BCUT2D eigenvalue weighted by molar-refractivity contribution is 0.0755. The van der Waals surface area contributed by atoms with E-state index in [1.807, 2.05) is 15.5 Å². The van der Waals surface area contributed by atoms with Gasteiger partial charge in [-0.25, -0.2) is 9.50 Å². The highest BCUT2D eigenvalue weighted by atomic mass is 16.2. The highest BCUT2D eigenvalue weighted by Crippen LogP contribution is 2.27. The van der Waals surface area contributed by atoms with Crippen molar-refractivity contribution < 1.29 is 4.79 Å². The number of unbranched alkanes of at least 4 members (excludes halogenated alkanes) is 1. The summed E-state index contributed by atoms with van der Waals surface area (Å²) in [7, 11) is 0. The van der Waals surface area contributed by atoms with Crippen LogP contribution in [0.2, 0.25) is 0 Å². The van der Waals surface area contributed by atoms with Crippen molar-refractivity contribution in [1.82, 2.24) is 19.5 Å². The highest BCUT2D eigenvalue weighted by Gasteiger charge is 2.22. The largest absolute Gasteiger partial charge is 0.337 e. The molecule has 158 valence electrons. The molecular weight excluding hydrogens is 360 g/mol. The van der Waals surface area contributed by atoms with Crippen LogP contribution in [0.5, 0.6) is 0 Å². The molecule has 5 nitrogen and oxygen atoms in total. The van der Waals surface area contributed by atoms with Gasteiger partial charge in [0.05, 0.1) is 0 Å². The molecule has 2 fully saturated rings. The second-order valence-corrected chi connectivity index (χ2v) is 9.06. The Bertz CT molecular complexity index is 814. The number of carbonyl (C=O) groups is 1. The third kappa shape index (κ3) is 4.99. The lowest BCUT2D eigenvalue weighted by atomic mass is 9.86. The van der Waals surface area contributed by atoms with Crippen molar-refractivity contribution in [3.8, 4) is 0 Å². The third-order valence-electron chi connectivity index (χ3n) is 6.68.